The van der Waals surface area contributed by atoms with Gasteiger partial charge in [-0.05, 0) is 29.8 Å². The number of alkyl halides is 3. The number of halogens is 3. The van der Waals surface area contributed by atoms with Gasteiger partial charge >= 0.3 is 6.18 Å². The fraction of sp³-hybridized carbons (Fsp3) is 0.429. The molecule has 1 unspecified atom stereocenters. The molecule has 2 aromatic rings. The normalized spacial score (nSPS) is 16.3. The highest BCUT2D eigenvalue weighted by molar-refractivity contribution is 5.58. The number of rotatable bonds is 6. The van der Waals surface area contributed by atoms with E-state index in [4.69, 9.17) is 14.2 Å². The molecule has 1 heterocycles. The van der Waals surface area contributed by atoms with Crippen LogP contribution in [0.3, 0.4) is 0 Å². The monoisotopic (exact) mass is 410 g/mol. The Bertz CT molecular complexity index is 819. The number of nitrogens with zero attached hydrogens (tertiary/aromatic N) is 1. The summed E-state index contributed by atoms with van der Waals surface area (Å²) in [5.41, 5.74) is 0.900. The van der Waals surface area contributed by atoms with Gasteiger partial charge in [0.25, 0.3) is 0 Å². The predicted molar refractivity (Wildman–Crippen MR) is 104 cm³/mol. The molecule has 0 aliphatic carbocycles. The summed E-state index contributed by atoms with van der Waals surface area (Å²) < 4.78 is 55.6. The SMILES string of the molecule is COc1ccc(C(c2ccc(C(F)(F)F)cc2)N2CCNCC2)c(OC)c1OC. The van der Waals surface area contributed by atoms with Gasteiger partial charge < -0.3 is 19.5 Å². The minimum atomic E-state index is -4.37. The highest BCUT2D eigenvalue weighted by Crippen LogP contribution is 2.45. The zero-order valence-corrected chi connectivity index (χ0v) is 16.7. The van der Waals surface area contributed by atoms with Crippen molar-refractivity contribution in [2.24, 2.45) is 0 Å². The molecule has 1 aliphatic heterocycles. The van der Waals surface area contributed by atoms with E-state index in [2.05, 4.69) is 10.2 Å². The third-order valence-electron chi connectivity index (χ3n) is 5.10. The zero-order chi connectivity index (χ0) is 21.0. The van der Waals surface area contributed by atoms with Gasteiger partial charge in [-0.3, -0.25) is 4.90 Å². The van der Waals surface area contributed by atoms with E-state index < -0.39 is 11.7 Å². The van der Waals surface area contributed by atoms with Crippen LogP contribution >= 0.6 is 0 Å². The van der Waals surface area contributed by atoms with E-state index in [9.17, 15) is 13.2 Å². The summed E-state index contributed by atoms with van der Waals surface area (Å²) in [5, 5.41) is 3.30. The molecule has 0 spiro atoms. The highest BCUT2D eigenvalue weighted by Gasteiger charge is 2.32. The molecule has 29 heavy (non-hydrogen) atoms. The van der Waals surface area contributed by atoms with Gasteiger partial charge in [-0.2, -0.15) is 13.2 Å². The maximum Gasteiger partial charge on any atom is 0.416 e. The number of piperazine rings is 1. The second-order valence-corrected chi connectivity index (χ2v) is 6.73. The molecule has 0 aromatic heterocycles. The number of methoxy groups -OCH3 is 3. The van der Waals surface area contributed by atoms with Gasteiger partial charge in [0.05, 0.1) is 32.9 Å². The van der Waals surface area contributed by atoms with E-state index in [-0.39, 0.29) is 6.04 Å². The minimum Gasteiger partial charge on any atom is -0.493 e. The summed E-state index contributed by atoms with van der Waals surface area (Å²) >= 11 is 0. The Kier molecular flexibility index (Phi) is 6.54. The van der Waals surface area contributed by atoms with Crippen LogP contribution in [0.5, 0.6) is 17.2 Å². The maximum atomic E-state index is 13.0. The van der Waals surface area contributed by atoms with Gasteiger partial charge in [0, 0.05) is 31.7 Å². The van der Waals surface area contributed by atoms with Crippen molar-refractivity contribution in [3.63, 3.8) is 0 Å². The van der Waals surface area contributed by atoms with Gasteiger partial charge in [-0.15, -0.1) is 0 Å². The quantitative estimate of drug-likeness (QED) is 0.786. The Morgan fingerprint density at radius 1 is 0.862 bits per heavy atom. The van der Waals surface area contributed by atoms with Crippen molar-refractivity contribution in [2.45, 2.75) is 12.2 Å². The van der Waals surface area contributed by atoms with E-state index >= 15 is 0 Å². The van der Waals surface area contributed by atoms with E-state index in [0.717, 1.165) is 49.4 Å². The third-order valence-corrected chi connectivity index (χ3v) is 5.10. The van der Waals surface area contributed by atoms with Crippen LogP contribution in [0.2, 0.25) is 0 Å². The van der Waals surface area contributed by atoms with E-state index in [1.807, 2.05) is 6.07 Å². The Balaban J connectivity index is 2.12. The summed E-state index contributed by atoms with van der Waals surface area (Å²) in [5.74, 6) is 1.49. The van der Waals surface area contributed by atoms with Crippen molar-refractivity contribution in [3.05, 3.63) is 53.1 Å². The molecule has 1 atom stereocenters. The summed E-state index contributed by atoms with van der Waals surface area (Å²) in [7, 11) is 4.62. The standard InChI is InChI=1S/C21H25F3N2O3/c1-27-17-9-8-16(19(28-2)20(17)29-3)18(26-12-10-25-11-13-26)14-4-6-15(7-5-14)21(22,23)24/h4-9,18,25H,10-13H2,1-3H3. The van der Waals surface area contributed by atoms with Crippen LogP contribution < -0.4 is 19.5 Å². The van der Waals surface area contributed by atoms with Crippen molar-refractivity contribution in [2.75, 3.05) is 47.5 Å². The summed E-state index contributed by atoms with van der Waals surface area (Å²) in [6.45, 7) is 3.10. The molecule has 1 aliphatic rings. The molecule has 3 rings (SSSR count). The number of benzene rings is 2. The lowest BCUT2D eigenvalue weighted by Crippen LogP contribution is -2.45. The summed E-state index contributed by atoms with van der Waals surface area (Å²) in [6, 6.07) is 8.70. The number of nitrogens with one attached hydrogen (secondary N) is 1. The zero-order valence-electron chi connectivity index (χ0n) is 16.7. The van der Waals surface area contributed by atoms with Crippen LogP contribution in [0.25, 0.3) is 0 Å². The van der Waals surface area contributed by atoms with Gasteiger partial charge in [0.15, 0.2) is 11.5 Å². The Morgan fingerprint density at radius 3 is 2.00 bits per heavy atom. The predicted octanol–water partition coefficient (Wildman–Crippen LogP) is 3.73. The lowest BCUT2D eigenvalue weighted by molar-refractivity contribution is -0.137. The highest BCUT2D eigenvalue weighted by atomic mass is 19.4. The van der Waals surface area contributed by atoms with Crippen molar-refractivity contribution in [1.82, 2.24) is 10.2 Å². The van der Waals surface area contributed by atoms with Gasteiger partial charge in [0.1, 0.15) is 0 Å². The first-order valence-corrected chi connectivity index (χ1v) is 9.31. The molecule has 2 aromatic carbocycles. The lowest BCUT2D eigenvalue weighted by Gasteiger charge is -2.36. The van der Waals surface area contributed by atoms with Crippen molar-refractivity contribution < 1.29 is 27.4 Å². The van der Waals surface area contributed by atoms with Crippen molar-refractivity contribution in [3.8, 4) is 17.2 Å². The fourth-order valence-corrected chi connectivity index (χ4v) is 3.72. The van der Waals surface area contributed by atoms with E-state index in [1.54, 1.807) is 20.3 Å². The second-order valence-electron chi connectivity index (χ2n) is 6.73. The summed E-state index contributed by atoms with van der Waals surface area (Å²) in [4.78, 5) is 2.23. The third kappa shape index (κ3) is 4.43. The topological polar surface area (TPSA) is 43.0 Å². The first-order chi connectivity index (χ1) is 13.9. The number of hydrogen-bond donors (Lipinski definition) is 1. The number of ether oxygens (including phenoxy) is 3. The van der Waals surface area contributed by atoms with Crippen LogP contribution in [0.4, 0.5) is 13.2 Å². The fourth-order valence-electron chi connectivity index (χ4n) is 3.72. The molecule has 1 saturated heterocycles. The van der Waals surface area contributed by atoms with Gasteiger partial charge in [-0.25, -0.2) is 0 Å². The van der Waals surface area contributed by atoms with Crippen LogP contribution in [-0.4, -0.2) is 52.4 Å². The van der Waals surface area contributed by atoms with Gasteiger partial charge in [-0.1, -0.05) is 12.1 Å². The van der Waals surface area contributed by atoms with Crippen LogP contribution in [-0.2, 0) is 6.18 Å². The average Bonchev–Trinajstić information content (AvgIpc) is 2.74. The van der Waals surface area contributed by atoms with E-state index in [1.165, 1.54) is 19.2 Å². The van der Waals surface area contributed by atoms with Crippen LogP contribution in [0.1, 0.15) is 22.7 Å². The van der Waals surface area contributed by atoms with Crippen molar-refractivity contribution >= 4 is 0 Å². The molecule has 0 saturated carbocycles. The molecule has 158 valence electrons. The molecular formula is C21H25F3N2O3. The Labute approximate surface area is 168 Å². The largest absolute Gasteiger partial charge is 0.493 e. The van der Waals surface area contributed by atoms with Crippen molar-refractivity contribution in [1.29, 1.82) is 0 Å². The molecule has 0 amide bonds. The molecule has 0 radical (unpaired) electrons. The Hall–Kier alpha value is -2.45. The first-order valence-electron chi connectivity index (χ1n) is 9.31. The average molecular weight is 410 g/mol. The maximum absolute atomic E-state index is 13.0. The molecule has 8 heteroatoms. The second kappa shape index (κ2) is 8.92. The molecular weight excluding hydrogens is 385 g/mol. The Morgan fingerprint density at radius 2 is 1.48 bits per heavy atom. The molecule has 5 nitrogen and oxygen atoms in total. The molecule has 0 bridgehead atoms. The van der Waals surface area contributed by atoms with Crippen LogP contribution in [0, 0.1) is 0 Å². The minimum absolute atomic E-state index is 0.283. The smallest absolute Gasteiger partial charge is 0.416 e. The lowest BCUT2D eigenvalue weighted by atomic mass is 9.94. The molecule has 1 fully saturated rings. The summed E-state index contributed by atoms with van der Waals surface area (Å²) in [6.07, 6.45) is -4.37. The molecule has 1 N–H and O–H groups in total. The van der Waals surface area contributed by atoms with Crippen LogP contribution in [0.15, 0.2) is 36.4 Å². The first kappa shape index (κ1) is 21.3. The van der Waals surface area contributed by atoms with Gasteiger partial charge in [0.2, 0.25) is 5.75 Å². The number of hydrogen-bond acceptors (Lipinski definition) is 5. The van der Waals surface area contributed by atoms with E-state index in [0.29, 0.717) is 17.2 Å².